The van der Waals surface area contributed by atoms with Gasteiger partial charge in [-0.25, -0.2) is 9.78 Å². The van der Waals surface area contributed by atoms with Crippen LogP contribution in [0.4, 0.5) is 0 Å². The molecule has 2 N–H and O–H groups in total. The largest absolute Gasteiger partial charge is 0.326 e. The number of hydrogen-bond acceptors (Lipinski definition) is 3. The highest BCUT2D eigenvalue weighted by atomic mass is 35.5. The lowest BCUT2D eigenvalue weighted by Crippen LogP contribution is -2.21. The van der Waals surface area contributed by atoms with Crippen molar-refractivity contribution in [3.63, 3.8) is 0 Å². The van der Waals surface area contributed by atoms with E-state index in [1.807, 2.05) is 13.8 Å². The first-order valence-electron chi connectivity index (χ1n) is 4.45. The second-order valence-electron chi connectivity index (χ2n) is 2.46. The van der Waals surface area contributed by atoms with E-state index in [2.05, 4.69) is 15.0 Å². The quantitative estimate of drug-likeness (QED) is 0.666. The molecule has 0 aliphatic carbocycles. The summed E-state index contributed by atoms with van der Waals surface area (Å²) in [6.45, 7) is 4.00. The average Bonchev–Trinajstić information content (AvgIpc) is 2.19. The summed E-state index contributed by atoms with van der Waals surface area (Å²) in [5.74, 6) is 0. The lowest BCUT2D eigenvalue weighted by Gasteiger charge is -1.94. The fraction of sp³-hybridized carbons (Fsp3) is 0.222. The summed E-state index contributed by atoms with van der Waals surface area (Å²) < 4.78 is 0. The first kappa shape index (κ1) is 11.5. The minimum Gasteiger partial charge on any atom is -0.307 e. The third-order valence-corrected chi connectivity index (χ3v) is 1.80. The number of nitrogens with zero attached hydrogens (tertiary/aromatic N) is 1. The zero-order valence-corrected chi connectivity index (χ0v) is 9.05. The molecule has 2 aromatic heterocycles. The van der Waals surface area contributed by atoms with Gasteiger partial charge in [-0.15, -0.1) is 0 Å². The summed E-state index contributed by atoms with van der Waals surface area (Å²) in [4.78, 5) is 30.2. The molecule has 2 rings (SSSR count). The molecule has 0 fully saturated rings. The molecular weight excluding hydrogens is 218 g/mol. The smallest absolute Gasteiger partial charge is 0.307 e. The molecule has 2 heterocycles. The van der Waals surface area contributed by atoms with Gasteiger partial charge in [-0.2, -0.15) is 0 Å². The minimum absolute atomic E-state index is 0.230. The predicted octanol–water partition coefficient (Wildman–Crippen LogP) is 1.29. The van der Waals surface area contributed by atoms with Crippen LogP contribution in [0.1, 0.15) is 13.8 Å². The lowest BCUT2D eigenvalue weighted by atomic mass is 10.3. The number of H-pyrrole nitrogens is 2. The SMILES string of the molecule is CC.O=c1[nH]c(=O)c2cnc(Cl)cc2[nH]1. The molecule has 80 valence electrons. The van der Waals surface area contributed by atoms with Gasteiger partial charge in [-0.05, 0) is 6.07 Å². The molecular formula is C9H10ClN3O2. The fourth-order valence-electron chi connectivity index (χ4n) is 1.04. The summed E-state index contributed by atoms with van der Waals surface area (Å²) in [5.41, 5.74) is -0.642. The van der Waals surface area contributed by atoms with Crippen molar-refractivity contribution in [3.05, 3.63) is 38.3 Å². The Bertz CT molecular complexity index is 573. The zero-order valence-electron chi connectivity index (χ0n) is 8.30. The Kier molecular flexibility index (Phi) is 3.62. The number of rotatable bonds is 0. The number of fused-ring (bicyclic) bond motifs is 1. The Morgan fingerprint density at radius 1 is 1.27 bits per heavy atom. The summed E-state index contributed by atoms with van der Waals surface area (Å²) in [6, 6.07) is 1.42. The van der Waals surface area contributed by atoms with Gasteiger partial charge < -0.3 is 4.98 Å². The second kappa shape index (κ2) is 4.75. The molecule has 0 saturated heterocycles. The minimum atomic E-state index is -0.556. The molecule has 0 aliphatic rings. The zero-order chi connectivity index (χ0) is 11.4. The van der Waals surface area contributed by atoms with Gasteiger partial charge in [0.05, 0.1) is 10.9 Å². The highest BCUT2D eigenvalue weighted by Crippen LogP contribution is 2.08. The molecule has 5 nitrogen and oxygen atoms in total. The number of aromatic amines is 2. The summed E-state index contributed by atoms with van der Waals surface area (Å²) in [5, 5.41) is 0.540. The van der Waals surface area contributed by atoms with E-state index < -0.39 is 11.2 Å². The van der Waals surface area contributed by atoms with Crippen molar-refractivity contribution in [3.8, 4) is 0 Å². The molecule has 0 aliphatic heterocycles. The Labute approximate surface area is 90.1 Å². The van der Waals surface area contributed by atoms with Gasteiger partial charge >= 0.3 is 5.69 Å². The Morgan fingerprint density at radius 2 is 1.93 bits per heavy atom. The van der Waals surface area contributed by atoms with E-state index in [1.54, 1.807) is 0 Å². The molecule has 0 unspecified atom stereocenters. The standard InChI is InChI=1S/C7H4ClN3O2.C2H6/c8-5-1-4-3(2-9-5)6(12)11-7(13)10-4;1-2/h1-2H,(H2,10,11,12,13);1-2H3. The van der Waals surface area contributed by atoms with E-state index >= 15 is 0 Å². The number of aromatic nitrogens is 3. The van der Waals surface area contributed by atoms with Gasteiger partial charge in [0.2, 0.25) is 0 Å². The van der Waals surface area contributed by atoms with E-state index in [0.29, 0.717) is 10.9 Å². The molecule has 0 atom stereocenters. The van der Waals surface area contributed by atoms with Crippen LogP contribution in [0.2, 0.25) is 5.15 Å². The van der Waals surface area contributed by atoms with E-state index in [9.17, 15) is 9.59 Å². The molecule has 15 heavy (non-hydrogen) atoms. The third kappa shape index (κ3) is 2.44. The topological polar surface area (TPSA) is 78.6 Å². The fourth-order valence-corrected chi connectivity index (χ4v) is 1.20. The number of hydrogen-bond donors (Lipinski definition) is 2. The van der Waals surface area contributed by atoms with Crippen molar-refractivity contribution in [1.82, 2.24) is 15.0 Å². The predicted molar refractivity (Wildman–Crippen MR) is 59.3 cm³/mol. The normalized spacial score (nSPS) is 9.53. The van der Waals surface area contributed by atoms with Crippen LogP contribution in [-0.2, 0) is 0 Å². The van der Waals surface area contributed by atoms with Crippen molar-refractivity contribution in [2.75, 3.05) is 0 Å². The summed E-state index contributed by atoms with van der Waals surface area (Å²) >= 11 is 5.58. The first-order valence-corrected chi connectivity index (χ1v) is 4.82. The van der Waals surface area contributed by atoms with E-state index in [0.717, 1.165) is 0 Å². The van der Waals surface area contributed by atoms with Crippen LogP contribution < -0.4 is 11.2 Å². The Morgan fingerprint density at radius 3 is 2.60 bits per heavy atom. The van der Waals surface area contributed by atoms with Crippen LogP contribution in [0.25, 0.3) is 10.9 Å². The van der Waals surface area contributed by atoms with Crippen molar-refractivity contribution in [2.45, 2.75) is 13.8 Å². The number of pyridine rings is 1. The first-order chi connectivity index (χ1) is 7.16. The van der Waals surface area contributed by atoms with Crippen molar-refractivity contribution >= 4 is 22.5 Å². The van der Waals surface area contributed by atoms with Crippen LogP contribution in [0.5, 0.6) is 0 Å². The summed E-state index contributed by atoms with van der Waals surface area (Å²) in [6.07, 6.45) is 1.31. The van der Waals surface area contributed by atoms with Crippen LogP contribution in [0.15, 0.2) is 21.9 Å². The van der Waals surface area contributed by atoms with E-state index in [-0.39, 0.29) is 5.15 Å². The molecule has 0 radical (unpaired) electrons. The van der Waals surface area contributed by atoms with Gasteiger partial charge in [-0.1, -0.05) is 25.4 Å². The molecule has 0 bridgehead atoms. The van der Waals surface area contributed by atoms with Crippen LogP contribution in [0, 0.1) is 0 Å². The highest BCUT2D eigenvalue weighted by molar-refractivity contribution is 6.29. The van der Waals surface area contributed by atoms with E-state index in [4.69, 9.17) is 11.6 Å². The lowest BCUT2D eigenvalue weighted by molar-refractivity contribution is 1.08. The number of nitrogens with one attached hydrogen (secondary N) is 2. The molecule has 0 spiro atoms. The second-order valence-corrected chi connectivity index (χ2v) is 2.85. The van der Waals surface area contributed by atoms with Gasteiger partial charge in [0.1, 0.15) is 5.15 Å². The van der Waals surface area contributed by atoms with E-state index in [1.165, 1.54) is 12.3 Å². The maximum Gasteiger partial charge on any atom is 0.326 e. The van der Waals surface area contributed by atoms with Gasteiger partial charge in [-0.3, -0.25) is 9.78 Å². The monoisotopic (exact) mass is 227 g/mol. The number of halogens is 1. The van der Waals surface area contributed by atoms with Crippen molar-refractivity contribution in [2.24, 2.45) is 0 Å². The van der Waals surface area contributed by atoms with Crippen LogP contribution >= 0.6 is 11.6 Å². The maximum atomic E-state index is 11.2. The highest BCUT2D eigenvalue weighted by Gasteiger charge is 2.00. The molecule has 6 heteroatoms. The summed E-state index contributed by atoms with van der Waals surface area (Å²) in [7, 11) is 0. The van der Waals surface area contributed by atoms with Crippen LogP contribution in [0.3, 0.4) is 0 Å². The van der Waals surface area contributed by atoms with Crippen molar-refractivity contribution < 1.29 is 0 Å². The molecule has 0 aromatic carbocycles. The van der Waals surface area contributed by atoms with Crippen molar-refractivity contribution in [1.29, 1.82) is 0 Å². The van der Waals surface area contributed by atoms with Gasteiger partial charge in [0.25, 0.3) is 5.56 Å². The molecule has 0 amide bonds. The van der Waals surface area contributed by atoms with Gasteiger partial charge in [0.15, 0.2) is 0 Å². The molecule has 0 saturated carbocycles. The van der Waals surface area contributed by atoms with Crippen LogP contribution in [-0.4, -0.2) is 15.0 Å². The Balaban J connectivity index is 0.000000531. The third-order valence-electron chi connectivity index (χ3n) is 1.59. The maximum absolute atomic E-state index is 11.2. The molecule has 2 aromatic rings. The average molecular weight is 228 g/mol. The van der Waals surface area contributed by atoms with Gasteiger partial charge in [0, 0.05) is 6.20 Å². The Hall–Kier alpha value is -1.62.